The second-order valence-corrected chi connectivity index (χ2v) is 5.75. The van der Waals surface area contributed by atoms with Crippen molar-refractivity contribution in [2.45, 2.75) is 39.4 Å². The number of nitrogens with one attached hydrogen (secondary N) is 1. The van der Waals surface area contributed by atoms with Crippen LogP contribution in [0.3, 0.4) is 0 Å². The minimum Gasteiger partial charge on any atom is -0.303 e. The summed E-state index contributed by atoms with van der Waals surface area (Å²) in [5, 5.41) is 9.17. The Morgan fingerprint density at radius 2 is 2.00 bits per heavy atom. The molecule has 3 nitrogen and oxygen atoms in total. The summed E-state index contributed by atoms with van der Waals surface area (Å²) in [5.41, 5.74) is 2.22. The molecule has 1 heterocycles. The van der Waals surface area contributed by atoms with E-state index in [0.717, 1.165) is 12.1 Å². The van der Waals surface area contributed by atoms with Crippen LogP contribution in [0.5, 0.6) is 0 Å². The Labute approximate surface area is 129 Å². The SMILES string of the molecule is CCn1cc(C(C)NC(C)c2ccc(Cl)cc2Cl)cn1. The van der Waals surface area contributed by atoms with Gasteiger partial charge in [-0.15, -0.1) is 0 Å². The lowest BCUT2D eigenvalue weighted by atomic mass is 10.1. The van der Waals surface area contributed by atoms with Crippen LogP contribution in [0.15, 0.2) is 30.6 Å². The normalized spacial score (nSPS) is 14.2. The highest BCUT2D eigenvalue weighted by molar-refractivity contribution is 6.35. The number of nitrogens with zero attached hydrogens (tertiary/aromatic N) is 2. The molecular formula is C15H19Cl2N3. The Morgan fingerprint density at radius 1 is 1.25 bits per heavy atom. The van der Waals surface area contributed by atoms with Crippen LogP contribution in [-0.4, -0.2) is 9.78 Å². The van der Waals surface area contributed by atoms with E-state index in [1.807, 2.05) is 23.0 Å². The minimum absolute atomic E-state index is 0.139. The van der Waals surface area contributed by atoms with Crippen LogP contribution < -0.4 is 5.32 Å². The molecule has 0 aliphatic heterocycles. The van der Waals surface area contributed by atoms with Crippen LogP contribution in [-0.2, 0) is 6.54 Å². The Balaban J connectivity index is 2.08. The number of aromatic nitrogens is 2. The molecule has 0 saturated carbocycles. The van der Waals surface area contributed by atoms with E-state index in [9.17, 15) is 0 Å². The minimum atomic E-state index is 0.139. The molecule has 0 amide bonds. The van der Waals surface area contributed by atoms with E-state index in [1.54, 1.807) is 6.07 Å². The molecule has 5 heteroatoms. The lowest BCUT2D eigenvalue weighted by Crippen LogP contribution is -2.22. The maximum absolute atomic E-state index is 6.24. The first-order valence-electron chi connectivity index (χ1n) is 6.74. The van der Waals surface area contributed by atoms with Crippen LogP contribution in [0, 0.1) is 0 Å². The summed E-state index contributed by atoms with van der Waals surface area (Å²) >= 11 is 12.2. The topological polar surface area (TPSA) is 29.9 Å². The first-order valence-corrected chi connectivity index (χ1v) is 7.50. The molecular weight excluding hydrogens is 293 g/mol. The highest BCUT2D eigenvalue weighted by Gasteiger charge is 2.15. The van der Waals surface area contributed by atoms with Crippen molar-refractivity contribution in [3.05, 3.63) is 51.8 Å². The van der Waals surface area contributed by atoms with E-state index in [2.05, 4.69) is 37.4 Å². The van der Waals surface area contributed by atoms with Crippen molar-refractivity contribution in [1.29, 1.82) is 0 Å². The van der Waals surface area contributed by atoms with E-state index in [1.165, 1.54) is 5.56 Å². The van der Waals surface area contributed by atoms with Gasteiger partial charge in [0.1, 0.15) is 0 Å². The van der Waals surface area contributed by atoms with E-state index in [-0.39, 0.29) is 12.1 Å². The van der Waals surface area contributed by atoms with Crippen molar-refractivity contribution in [2.75, 3.05) is 0 Å². The van der Waals surface area contributed by atoms with Crippen molar-refractivity contribution >= 4 is 23.2 Å². The van der Waals surface area contributed by atoms with E-state index < -0.39 is 0 Å². The number of aryl methyl sites for hydroxylation is 1. The van der Waals surface area contributed by atoms with Gasteiger partial charge < -0.3 is 5.32 Å². The van der Waals surface area contributed by atoms with E-state index in [0.29, 0.717) is 10.0 Å². The molecule has 0 bridgehead atoms. The molecule has 2 unspecified atom stereocenters. The highest BCUT2D eigenvalue weighted by Crippen LogP contribution is 2.27. The molecule has 1 N–H and O–H groups in total. The summed E-state index contributed by atoms with van der Waals surface area (Å²) in [7, 11) is 0. The molecule has 1 aromatic heterocycles. The lowest BCUT2D eigenvalue weighted by molar-refractivity contribution is 0.494. The highest BCUT2D eigenvalue weighted by atomic mass is 35.5. The average Bonchev–Trinajstić information content (AvgIpc) is 2.87. The van der Waals surface area contributed by atoms with Crippen LogP contribution in [0.1, 0.15) is 44.0 Å². The van der Waals surface area contributed by atoms with Crippen molar-refractivity contribution in [2.24, 2.45) is 0 Å². The van der Waals surface area contributed by atoms with Gasteiger partial charge >= 0.3 is 0 Å². The zero-order chi connectivity index (χ0) is 14.7. The quantitative estimate of drug-likeness (QED) is 0.873. The van der Waals surface area contributed by atoms with Crippen LogP contribution in [0.25, 0.3) is 0 Å². The summed E-state index contributed by atoms with van der Waals surface area (Å²) in [5.74, 6) is 0. The Hall–Kier alpha value is -1.03. The largest absolute Gasteiger partial charge is 0.303 e. The third-order valence-electron chi connectivity index (χ3n) is 3.41. The van der Waals surface area contributed by atoms with Crippen LogP contribution >= 0.6 is 23.2 Å². The van der Waals surface area contributed by atoms with E-state index in [4.69, 9.17) is 23.2 Å². The predicted molar refractivity (Wildman–Crippen MR) is 84.3 cm³/mol. The third kappa shape index (κ3) is 3.54. The molecule has 0 fully saturated rings. The number of hydrogen-bond donors (Lipinski definition) is 1. The molecule has 1 aromatic carbocycles. The van der Waals surface area contributed by atoms with Gasteiger partial charge in [-0.1, -0.05) is 29.3 Å². The molecule has 0 aliphatic rings. The van der Waals surface area contributed by atoms with Crippen molar-refractivity contribution in [1.82, 2.24) is 15.1 Å². The number of halogens is 2. The molecule has 20 heavy (non-hydrogen) atoms. The first kappa shape index (κ1) is 15.4. The summed E-state index contributed by atoms with van der Waals surface area (Å²) in [6.07, 6.45) is 3.96. The van der Waals surface area contributed by atoms with Gasteiger partial charge in [-0.25, -0.2) is 0 Å². The monoisotopic (exact) mass is 311 g/mol. The molecule has 0 saturated heterocycles. The first-order chi connectivity index (χ1) is 9.51. The molecule has 0 radical (unpaired) electrons. The van der Waals surface area contributed by atoms with E-state index >= 15 is 0 Å². The molecule has 2 aromatic rings. The molecule has 0 aliphatic carbocycles. The third-order valence-corrected chi connectivity index (χ3v) is 3.97. The number of hydrogen-bond acceptors (Lipinski definition) is 2. The van der Waals surface area contributed by atoms with Gasteiger partial charge in [0.25, 0.3) is 0 Å². The Morgan fingerprint density at radius 3 is 2.60 bits per heavy atom. The molecule has 0 spiro atoms. The smallest absolute Gasteiger partial charge is 0.0537 e. The summed E-state index contributed by atoms with van der Waals surface area (Å²) in [4.78, 5) is 0. The fraction of sp³-hybridized carbons (Fsp3) is 0.400. The summed E-state index contributed by atoms with van der Waals surface area (Å²) < 4.78 is 1.92. The van der Waals surface area contributed by atoms with Crippen LogP contribution in [0.4, 0.5) is 0 Å². The van der Waals surface area contributed by atoms with Gasteiger partial charge in [0.2, 0.25) is 0 Å². The maximum atomic E-state index is 6.24. The predicted octanol–water partition coefficient (Wildman–Crippen LogP) is 4.62. The van der Waals surface area contributed by atoms with Gasteiger partial charge in [0, 0.05) is 40.4 Å². The number of benzene rings is 1. The average molecular weight is 312 g/mol. The standard InChI is InChI=1S/C15H19Cl2N3/c1-4-20-9-12(8-18-20)10(2)19-11(3)14-6-5-13(16)7-15(14)17/h5-11,19H,4H2,1-3H3. The van der Waals surface area contributed by atoms with Gasteiger partial charge in [-0.3, -0.25) is 4.68 Å². The zero-order valence-electron chi connectivity index (χ0n) is 11.9. The number of rotatable bonds is 5. The second-order valence-electron chi connectivity index (χ2n) is 4.91. The Kier molecular flexibility index (Phi) is 5.08. The fourth-order valence-electron chi connectivity index (χ4n) is 2.19. The van der Waals surface area contributed by atoms with Crippen molar-refractivity contribution < 1.29 is 0 Å². The summed E-state index contributed by atoms with van der Waals surface area (Å²) in [6, 6.07) is 5.94. The van der Waals surface area contributed by atoms with Crippen LogP contribution in [0.2, 0.25) is 10.0 Å². The Bertz CT molecular complexity index is 580. The fourth-order valence-corrected chi connectivity index (χ4v) is 2.76. The van der Waals surface area contributed by atoms with Gasteiger partial charge in [-0.2, -0.15) is 5.10 Å². The van der Waals surface area contributed by atoms with Gasteiger partial charge in [0.15, 0.2) is 0 Å². The molecule has 108 valence electrons. The van der Waals surface area contributed by atoms with Gasteiger partial charge in [0.05, 0.1) is 6.20 Å². The summed E-state index contributed by atoms with van der Waals surface area (Å²) in [6.45, 7) is 7.17. The maximum Gasteiger partial charge on any atom is 0.0537 e. The second kappa shape index (κ2) is 6.61. The lowest BCUT2D eigenvalue weighted by Gasteiger charge is -2.20. The van der Waals surface area contributed by atoms with Gasteiger partial charge in [-0.05, 0) is 38.5 Å². The van der Waals surface area contributed by atoms with Crippen molar-refractivity contribution in [3.63, 3.8) is 0 Å². The molecule has 2 rings (SSSR count). The molecule has 2 atom stereocenters. The zero-order valence-corrected chi connectivity index (χ0v) is 13.4. The van der Waals surface area contributed by atoms with Crippen molar-refractivity contribution in [3.8, 4) is 0 Å².